The second kappa shape index (κ2) is 7.15. The third kappa shape index (κ3) is 3.69. The Balaban J connectivity index is 1.99. The molecule has 0 radical (unpaired) electrons. The Bertz CT molecular complexity index is 909. The van der Waals surface area contributed by atoms with Crippen LogP contribution < -0.4 is 4.74 Å². The molecular weight excluding hydrogens is 330 g/mol. The summed E-state index contributed by atoms with van der Waals surface area (Å²) in [6.45, 7) is 7.96. The maximum absolute atomic E-state index is 9.93. The zero-order chi connectivity index (χ0) is 18.8. The van der Waals surface area contributed by atoms with Gasteiger partial charge in [-0.3, -0.25) is 0 Å². The van der Waals surface area contributed by atoms with Crippen LogP contribution in [0.2, 0.25) is 0 Å². The predicted molar refractivity (Wildman–Crippen MR) is 99.2 cm³/mol. The van der Waals surface area contributed by atoms with Crippen molar-refractivity contribution in [2.24, 2.45) is 5.92 Å². The molecule has 2 aromatic heterocycles. The van der Waals surface area contributed by atoms with E-state index in [1.54, 1.807) is 13.2 Å². The SMILES string of the molecule is COc1cc(CC(C)C)nc(-c2nc(-c3cc(C)c(O)c(C)c3)no2)c1. The number of rotatable bonds is 5. The summed E-state index contributed by atoms with van der Waals surface area (Å²) in [5, 5.41) is 14.0. The Kier molecular flexibility index (Phi) is 4.93. The normalized spacial score (nSPS) is 11.2. The molecule has 0 bridgehead atoms. The van der Waals surface area contributed by atoms with Crippen LogP contribution in [0.1, 0.15) is 30.7 Å². The monoisotopic (exact) mass is 353 g/mol. The fraction of sp³-hybridized carbons (Fsp3) is 0.350. The van der Waals surface area contributed by atoms with E-state index >= 15 is 0 Å². The number of pyridine rings is 1. The number of nitrogens with zero attached hydrogens (tertiary/aromatic N) is 3. The van der Waals surface area contributed by atoms with Crippen LogP contribution in [-0.2, 0) is 6.42 Å². The number of hydrogen-bond donors (Lipinski definition) is 1. The van der Waals surface area contributed by atoms with Crippen LogP contribution in [0.25, 0.3) is 23.0 Å². The van der Waals surface area contributed by atoms with Crippen molar-refractivity contribution in [2.45, 2.75) is 34.1 Å². The quantitative estimate of drug-likeness (QED) is 0.735. The van der Waals surface area contributed by atoms with Crippen molar-refractivity contribution in [1.29, 1.82) is 0 Å². The van der Waals surface area contributed by atoms with Crippen molar-refractivity contribution in [3.63, 3.8) is 0 Å². The first kappa shape index (κ1) is 17.9. The van der Waals surface area contributed by atoms with Crippen LogP contribution >= 0.6 is 0 Å². The van der Waals surface area contributed by atoms with Gasteiger partial charge in [0.15, 0.2) is 0 Å². The Hall–Kier alpha value is -2.89. The lowest BCUT2D eigenvalue weighted by atomic mass is 10.1. The second-order valence-electron chi connectivity index (χ2n) is 6.86. The van der Waals surface area contributed by atoms with E-state index in [1.807, 2.05) is 32.0 Å². The van der Waals surface area contributed by atoms with Crippen LogP contribution in [0.4, 0.5) is 0 Å². The van der Waals surface area contributed by atoms with Gasteiger partial charge in [-0.15, -0.1) is 0 Å². The summed E-state index contributed by atoms with van der Waals surface area (Å²) in [4.78, 5) is 9.11. The van der Waals surface area contributed by atoms with E-state index in [0.29, 0.717) is 29.1 Å². The number of ether oxygens (including phenoxy) is 1. The largest absolute Gasteiger partial charge is 0.507 e. The second-order valence-corrected chi connectivity index (χ2v) is 6.86. The van der Waals surface area contributed by atoms with E-state index in [4.69, 9.17) is 9.26 Å². The highest BCUT2D eigenvalue weighted by Crippen LogP contribution is 2.29. The predicted octanol–water partition coefficient (Wildman–Crippen LogP) is 4.33. The third-order valence-corrected chi connectivity index (χ3v) is 4.10. The molecule has 2 heterocycles. The molecule has 6 heteroatoms. The topological polar surface area (TPSA) is 81.3 Å². The third-order valence-electron chi connectivity index (χ3n) is 4.10. The standard InChI is InChI=1S/C20H23N3O3/c1-11(2)6-15-9-16(25-5)10-17(21-15)20-22-19(23-26-20)14-7-12(3)18(24)13(4)8-14/h7-11,24H,6H2,1-5H3. The summed E-state index contributed by atoms with van der Waals surface area (Å²) < 4.78 is 10.8. The molecule has 0 spiro atoms. The number of aryl methyl sites for hydroxylation is 2. The summed E-state index contributed by atoms with van der Waals surface area (Å²) in [6, 6.07) is 7.38. The highest BCUT2D eigenvalue weighted by Gasteiger charge is 2.16. The van der Waals surface area contributed by atoms with E-state index in [0.717, 1.165) is 28.8 Å². The first-order chi connectivity index (χ1) is 12.4. The molecule has 136 valence electrons. The molecule has 3 rings (SSSR count). The van der Waals surface area contributed by atoms with Crippen molar-refractivity contribution in [3.05, 3.63) is 41.1 Å². The molecule has 0 aliphatic heterocycles. The molecular formula is C20H23N3O3. The molecule has 3 aromatic rings. The molecule has 0 amide bonds. The van der Waals surface area contributed by atoms with Gasteiger partial charge < -0.3 is 14.4 Å². The number of phenolic OH excluding ortho intramolecular Hbond substituents is 1. The maximum Gasteiger partial charge on any atom is 0.276 e. The first-order valence-corrected chi connectivity index (χ1v) is 8.57. The fourth-order valence-electron chi connectivity index (χ4n) is 2.84. The summed E-state index contributed by atoms with van der Waals surface area (Å²) in [5.41, 5.74) is 3.84. The van der Waals surface area contributed by atoms with Gasteiger partial charge in [0.2, 0.25) is 5.82 Å². The van der Waals surface area contributed by atoms with Crippen molar-refractivity contribution in [2.75, 3.05) is 7.11 Å². The zero-order valence-electron chi connectivity index (χ0n) is 15.7. The van der Waals surface area contributed by atoms with Gasteiger partial charge in [0.05, 0.1) is 7.11 Å². The minimum atomic E-state index is 0.283. The van der Waals surface area contributed by atoms with Gasteiger partial charge in [-0.25, -0.2) is 4.98 Å². The lowest BCUT2D eigenvalue weighted by molar-refractivity contribution is 0.411. The van der Waals surface area contributed by atoms with Crippen molar-refractivity contribution in [1.82, 2.24) is 15.1 Å². The molecule has 1 N–H and O–H groups in total. The van der Waals surface area contributed by atoms with Gasteiger partial charge in [-0.2, -0.15) is 4.98 Å². The molecule has 1 aromatic carbocycles. The van der Waals surface area contributed by atoms with Gasteiger partial charge >= 0.3 is 0 Å². The smallest absolute Gasteiger partial charge is 0.276 e. The van der Waals surface area contributed by atoms with E-state index in [2.05, 4.69) is 29.0 Å². The summed E-state index contributed by atoms with van der Waals surface area (Å²) in [7, 11) is 1.62. The summed E-state index contributed by atoms with van der Waals surface area (Å²) in [6.07, 6.45) is 0.835. The van der Waals surface area contributed by atoms with Crippen LogP contribution in [0, 0.1) is 19.8 Å². The lowest BCUT2D eigenvalue weighted by Gasteiger charge is -2.08. The molecule has 0 aliphatic carbocycles. The minimum absolute atomic E-state index is 0.283. The Morgan fingerprint density at radius 3 is 2.38 bits per heavy atom. The molecule has 0 saturated carbocycles. The highest BCUT2D eigenvalue weighted by molar-refractivity contribution is 5.62. The Morgan fingerprint density at radius 1 is 1.08 bits per heavy atom. The molecule has 0 unspecified atom stereocenters. The van der Waals surface area contributed by atoms with Gasteiger partial charge in [-0.1, -0.05) is 19.0 Å². The van der Waals surface area contributed by atoms with Crippen molar-refractivity contribution >= 4 is 0 Å². The number of phenols is 1. The Morgan fingerprint density at radius 2 is 1.77 bits per heavy atom. The van der Waals surface area contributed by atoms with Crippen LogP contribution in [-0.4, -0.2) is 27.3 Å². The zero-order valence-corrected chi connectivity index (χ0v) is 15.7. The fourth-order valence-corrected chi connectivity index (χ4v) is 2.84. The number of methoxy groups -OCH3 is 1. The highest BCUT2D eigenvalue weighted by atomic mass is 16.5. The first-order valence-electron chi connectivity index (χ1n) is 8.57. The molecule has 6 nitrogen and oxygen atoms in total. The number of benzene rings is 1. The van der Waals surface area contributed by atoms with E-state index in [1.165, 1.54) is 0 Å². The van der Waals surface area contributed by atoms with Gasteiger partial charge in [-0.05, 0) is 49.4 Å². The molecule has 0 fully saturated rings. The van der Waals surface area contributed by atoms with Gasteiger partial charge in [0.25, 0.3) is 5.89 Å². The van der Waals surface area contributed by atoms with Gasteiger partial charge in [0.1, 0.15) is 17.2 Å². The van der Waals surface area contributed by atoms with E-state index in [9.17, 15) is 5.11 Å². The Labute approximate surface area is 152 Å². The minimum Gasteiger partial charge on any atom is -0.507 e. The van der Waals surface area contributed by atoms with Crippen molar-refractivity contribution in [3.8, 4) is 34.5 Å². The van der Waals surface area contributed by atoms with E-state index in [-0.39, 0.29) is 5.75 Å². The molecule has 0 aliphatic rings. The maximum atomic E-state index is 9.93. The number of aromatic nitrogens is 3. The molecule has 0 atom stereocenters. The van der Waals surface area contributed by atoms with Crippen molar-refractivity contribution < 1.29 is 14.4 Å². The number of aromatic hydroxyl groups is 1. The number of hydrogen-bond acceptors (Lipinski definition) is 6. The van der Waals surface area contributed by atoms with Crippen LogP contribution in [0.5, 0.6) is 11.5 Å². The summed E-state index contributed by atoms with van der Waals surface area (Å²) in [5.74, 6) is 2.27. The van der Waals surface area contributed by atoms with Gasteiger partial charge in [0, 0.05) is 23.4 Å². The molecule has 26 heavy (non-hydrogen) atoms. The van der Waals surface area contributed by atoms with Crippen LogP contribution in [0.3, 0.4) is 0 Å². The average molecular weight is 353 g/mol. The van der Waals surface area contributed by atoms with E-state index < -0.39 is 0 Å². The lowest BCUT2D eigenvalue weighted by Crippen LogP contribution is -2.00. The molecule has 0 saturated heterocycles. The van der Waals surface area contributed by atoms with Crippen LogP contribution in [0.15, 0.2) is 28.8 Å². The summed E-state index contributed by atoms with van der Waals surface area (Å²) >= 11 is 0. The average Bonchev–Trinajstić information content (AvgIpc) is 3.08.